The van der Waals surface area contributed by atoms with Gasteiger partial charge < -0.3 is 15.0 Å². The van der Waals surface area contributed by atoms with Gasteiger partial charge in [0.25, 0.3) is 11.8 Å². The predicted molar refractivity (Wildman–Crippen MR) is 103 cm³/mol. The minimum absolute atomic E-state index is 0.00856. The van der Waals surface area contributed by atoms with E-state index in [0.717, 1.165) is 16.7 Å². The van der Waals surface area contributed by atoms with Crippen LogP contribution in [0.5, 0.6) is 5.75 Å². The lowest BCUT2D eigenvalue weighted by molar-refractivity contribution is -0.121. The zero-order chi connectivity index (χ0) is 18.8. The number of carbonyl (C=O) groups is 2. The molecular weight excluding hydrogens is 328 g/mol. The van der Waals surface area contributed by atoms with E-state index in [1.165, 1.54) is 0 Å². The number of nitrogens with one attached hydrogen (secondary N) is 1. The third kappa shape index (κ3) is 3.61. The number of hydrogen-bond acceptors (Lipinski definition) is 3. The van der Waals surface area contributed by atoms with Gasteiger partial charge in [0.1, 0.15) is 5.75 Å². The van der Waals surface area contributed by atoms with E-state index >= 15 is 0 Å². The van der Waals surface area contributed by atoms with Crippen molar-refractivity contribution in [3.05, 3.63) is 65.2 Å². The second kappa shape index (κ2) is 7.04. The number of fused-ring (bicyclic) bond motifs is 1. The summed E-state index contributed by atoms with van der Waals surface area (Å²) in [5.74, 6) is 0.302. The average Bonchev–Trinajstić information content (AvgIpc) is 2.59. The minimum atomic E-state index is -0.192. The minimum Gasteiger partial charge on any atom is -0.482 e. The van der Waals surface area contributed by atoms with Crippen LogP contribution in [0.3, 0.4) is 0 Å². The van der Waals surface area contributed by atoms with Crippen molar-refractivity contribution in [3.63, 3.8) is 0 Å². The van der Waals surface area contributed by atoms with E-state index in [1.807, 2.05) is 32.9 Å². The van der Waals surface area contributed by atoms with Gasteiger partial charge in [0.05, 0.1) is 5.69 Å². The molecule has 1 aliphatic heterocycles. The lowest BCUT2D eigenvalue weighted by atomic mass is 10.1. The van der Waals surface area contributed by atoms with Crippen LogP contribution in [0.2, 0.25) is 0 Å². The summed E-state index contributed by atoms with van der Waals surface area (Å²) in [6.45, 7) is 10.2. The third-order valence-electron chi connectivity index (χ3n) is 4.36. The van der Waals surface area contributed by atoms with Crippen LogP contribution in [-0.4, -0.2) is 25.0 Å². The number of benzene rings is 2. The number of hydrogen-bond donors (Lipinski definition) is 1. The number of ether oxygens (including phenoxy) is 1. The highest BCUT2D eigenvalue weighted by molar-refractivity contribution is 6.05. The molecule has 1 aliphatic rings. The maximum Gasteiger partial charge on any atom is 0.265 e. The Kier molecular flexibility index (Phi) is 4.80. The lowest BCUT2D eigenvalue weighted by Gasteiger charge is -2.30. The van der Waals surface area contributed by atoms with Gasteiger partial charge in [0, 0.05) is 17.8 Å². The van der Waals surface area contributed by atoms with Crippen LogP contribution in [0.15, 0.2) is 48.6 Å². The van der Waals surface area contributed by atoms with Gasteiger partial charge in [0.15, 0.2) is 6.61 Å². The molecule has 0 atom stereocenters. The number of amides is 2. The first kappa shape index (κ1) is 17.7. The summed E-state index contributed by atoms with van der Waals surface area (Å²) in [5, 5.41) is 2.89. The first-order valence-electron chi connectivity index (χ1n) is 8.45. The zero-order valence-corrected chi connectivity index (χ0v) is 15.3. The molecule has 0 unspecified atom stereocenters. The van der Waals surface area contributed by atoms with Gasteiger partial charge in [0.2, 0.25) is 0 Å². The zero-order valence-electron chi connectivity index (χ0n) is 15.3. The Labute approximate surface area is 153 Å². The predicted octanol–water partition coefficient (Wildman–Crippen LogP) is 3.86. The molecule has 0 fully saturated rings. The maximum absolute atomic E-state index is 12.5. The molecule has 134 valence electrons. The molecule has 2 aromatic carbocycles. The average molecular weight is 350 g/mol. The van der Waals surface area contributed by atoms with Gasteiger partial charge in [-0.05, 0) is 62.2 Å². The molecule has 3 rings (SSSR count). The Morgan fingerprint density at radius 1 is 1.19 bits per heavy atom. The summed E-state index contributed by atoms with van der Waals surface area (Å²) in [6.07, 6.45) is 0. The molecule has 0 saturated heterocycles. The van der Waals surface area contributed by atoms with Crippen molar-refractivity contribution in [3.8, 4) is 5.75 Å². The van der Waals surface area contributed by atoms with Gasteiger partial charge in [-0.2, -0.15) is 0 Å². The highest BCUT2D eigenvalue weighted by atomic mass is 16.5. The van der Waals surface area contributed by atoms with E-state index in [4.69, 9.17) is 4.74 Å². The number of aryl methyl sites for hydroxylation is 2. The van der Waals surface area contributed by atoms with Crippen molar-refractivity contribution in [2.24, 2.45) is 0 Å². The van der Waals surface area contributed by atoms with E-state index in [1.54, 1.807) is 29.2 Å². The largest absolute Gasteiger partial charge is 0.482 e. The van der Waals surface area contributed by atoms with E-state index < -0.39 is 0 Å². The molecule has 2 aromatic rings. The van der Waals surface area contributed by atoms with Crippen molar-refractivity contribution in [1.82, 2.24) is 0 Å². The van der Waals surface area contributed by atoms with Gasteiger partial charge in [-0.1, -0.05) is 18.2 Å². The molecule has 0 aromatic heterocycles. The van der Waals surface area contributed by atoms with Crippen molar-refractivity contribution in [2.75, 3.05) is 23.4 Å². The Balaban J connectivity index is 1.86. The molecule has 0 aliphatic carbocycles. The number of nitrogens with zero attached hydrogens (tertiary/aromatic N) is 1. The number of rotatable bonds is 4. The summed E-state index contributed by atoms with van der Waals surface area (Å²) in [6, 6.07) is 10.9. The molecule has 0 saturated carbocycles. The van der Waals surface area contributed by atoms with Crippen LogP contribution in [-0.2, 0) is 4.79 Å². The third-order valence-corrected chi connectivity index (χ3v) is 4.36. The molecule has 1 heterocycles. The lowest BCUT2D eigenvalue weighted by Crippen LogP contribution is -2.39. The highest BCUT2D eigenvalue weighted by Gasteiger charge is 2.26. The molecule has 2 amide bonds. The summed E-state index contributed by atoms with van der Waals surface area (Å²) >= 11 is 0. The van der Waals surface area contributed by atoms with E-state index in [-0.39, 0.29) is 18.4 Å². The van der Waals surface area contributed by atoms with Crippen molar-refractivity contribution < 1.29 is 14.3 Å². The standard InChI is InChI=1S/C21H22N2O3/c1-13(2)11-23-18-10-17(7-8-19(18)26-12-20(23)24)22-21(25)16-6-5-14(3)15(4)9-16/h5-10H,1,11-12H2,2-4H3,(H,22,25). The van der Waals surface area contributed by atoms with Gasteiger partial charge in [-0.25, -0.2) is 0 Å². The molecule has 1 N–H and O–H groups in total. The fourth-order valence-electron chi connectivity index (χ4n) is 2.81. The second-order valence-electron chi connectivity index (χ2n) is 6.66. The Bertz CT molecular complexity index is 902. The number of carbonyl (C=O) groups excluding carboxylic acids is 2. The number of anilines is 2. The SMILES string of the molecule is C=C(C)CN1C(=O)COc2ccc(NC(=O)c3ccc(C)c(C)c3)cc21. The van der Waals surface area contributed by atoms with Crippen molar-refractivity contribution >= 4 is 23.2 Å². The van der Waals surface area contributed by atoms with Gasteiger partial charge in [-0.15, -0.1) is 0 Å². The van der Waals surface area contributed by atoms with E-state index in [9.17, 15) is 9.59 Å². The maximum atomic E-state index is 12.5. The van der Waals surface area contributed by atoms with Crippen LogP contribution in [0.25, 0.3) is 0 Å². The van der Waals surface area contributed by atoms with Crippen LogP contribution in [0, 0.1) is 13.8 Å². The molecule has 0 spiro atoms. The summed E-state index contributed by atoms with van der Waals surface area (Å²) in [7, 11) is 0. The van der Waals surface area contributed by atoms with Crippen LogP contribution < -0.4 is 15.0 Å². The molecule has 26 heavy (non-hydrogen) atoms. The molecular formula is C21H22N2O3. The van der Waals surface area contributed by atoms with E-state index in [2.05, 4.69) is 11.9 Å². The van der Waals surface area contributed by atoms with Gasteiger partial charge >= 0.3 is 0 Å². The fourth-order valence-corrected chi connectivity index (χ4v) is 2.81. The summed E-state index contributed by atoms with van der Waals surface area (Å²) in [5.41, 5.74) is 4.92. The molecule has 5 heteroatoms. The van der Waals surface area contributed by atoms with Crippen LogP contribution >= 0.6 is 0 Å². The second-order valence-corrected chi connectivity index (χ2v) is 6.66. The Hall–Kier alpha value is -3.08. The van der Waals surface area contributed by atoms with Crippen molar-refractivity contribution in [1.29, 1.82) is 0 Å². The van der Waals surface area contributed by atoms with E-state index in [0.29, 0.717) is 29.2 Å². The normalized spacial score (nSPS) is 13.0. The monoisotopic (exact) mass is 350 g/mol. The molecule has 5 nitrogen and oxygen atoms in total. The van der Waals surface area contributed by atoms with Crippen molar-refractivity contribution in [2.45, 2.75) is 20.8 Å². The van der Waals surface area contributed by atoms with Gasteiger partial charge in [-0.3, -0.25) is 9.59 Å². The quantitative estimate of drug-likeness (QED) is 0.852. The Morgan fingerprint density at radius 3 is 2.65 bits per heavy atom. The Morgan fingerprint density at radius 2 is 1.96 bits per heavy atom. The smallest absolute Gasteiger partial charge is 0.265 e. The first-order chi connectivity index (χ1) is 12.3. The summed E-state index contributed by atoms with van der Waals surface area (Å²) < 4.78 is 5.49. The first-order valence-corrected chi connectivity index (χ1v) is 8.45. The topological polar surface area (TPSA) is 58.6 Å². The summed E-state index contributed by atoms with van der Waals surface area (Å²) in [4.78, 5) is 26.4. The molecule has 0 bridgehead atoms. The fraction of sp³-hybridized carbons (Fsp3) is 0.238. The molecule has 0 radical (unpaired) electrons. The van der Waals surface area contributed by atoms with Crippen LogP contribution in [0.1, 0.15) is 28.4 Å². The highest BCUT2D eigenvalue weighted by Crippen LogP contribution is 2.35. The van der Waals surface area contributed by atoms with Crippen LogP contribution in [0.4, 0.5) is 11.4 Å².